The molecule has 0 radical (unpaired) electrons. The van der Waals surface area contributed by atoms with Crippen molar-refractivity contribution < 1.29 is 17.6 Å². The first-order chi connectivity index (χ1) is 14.3. The minimum atomic E-state index is -3.75. The van der Waals surface area contributed by atoms with Gasteiger partial charge in [0.05, 0.1) is 15.9 Å². The molecule has 8 nitrogen and oxygen atoms in total. The first-order valence-electron chi connectivity index (χ1n) is 9.47. The number of hydrogen-bond donors (Lipinski definition) is 0. The van der Waals surface area contributed by atoms with Crippen LogP contribution in [0.5, 0.6) is 0 Å². The molecule has 0 atom stereocenters. The molecule has 0 bridgehead atoms. The van der Waals surface area contributed by atoms with E-state index in [1.165, 1.54) is 25.6 Å². The summed E-state index contributed by atoms with van der Waals surface area (Å²) in [7, 11) is -2.09. The van der Waals surface area contributed by atoms with Crippen LogP contribution >= 0.6 is 0 Å². The SMILES string of the molecule is Cn1c(=O)n(CC(=O)N2CCN(S(=O)(=O)c3ccc(F)cc3)CC2)c2ccccc21. The second kappa shape index (κ2) is 7.69. The average molecular weight is 432 g/mol. The minimum absolute atomic E-state index is 0.0194. The van der Waals surface area contributed by atoms with Crippen LogP contribution in [0.3, 0.4) is 0 Å². The fourth-order valence-electron chi connectivity index (χ4n) is 3.68. The van der Waals surface area contributed by atoms with Gasteiger partial charge in [-0.05, 0) is 36.4 Å². The second-order valence-corrected chi connectivity index (χ2v) is 9.09. The monoisotopic (exact) mass is 432 g/mol. The Balaban J connectivity index is 1.46. The van der Waals surface area contributed by atoms with Crippen molar-refractivity contribution in [3.05, 3.63) is 64.8 Å². The number of benzene rings is 2. The molecule has 0 N–H and O–H groups in total. The predicted molar refractivity (Wildman–Crippen MR) is 109 cm³/mol. The molecule has 10 heteroatoms. The van der Waals surface area contributed by atoms with Crippen LogP contribution in [0.15, 0.2) is 58.2 Å². The highest BCUT2D eigenvalue weighted by molar-refractivity contribution is 7.89. The molecule has 30 heavy (non-hydrogen) atoms. The minimum Gasteiger partial charge on any atom is -0.338 e. The molecule has 0 aliphatic carbocycles. The number of carbonyl (C=O) groups is 1. The molecule has 3 aromatic rings. The Morgan fingerprint density at radius 2 is 1.57 bits per heavy atom. The molecular weight excluding hydrogens is 411 g/mol. The molecule has 1 fully saturated rings. The van der Waals surface area contributed by atoms with Crippen molar-refractivity contribution in [2.45, 2.75) is 11.4 Å². The Kier molecular flexibility index (Phi) is 5.20. The van der Waals surface area contributed by atoms with Gasteiger partial charge in [0.15, 0.2) is 0 Å². The summed E-state index contributed by atoms with van der Waals surface area (Å²) in [5.74, 6) is -0.750. The van der Waals surface area contributed by atoms with Crippen LogP contribution in [0, 0.1) is 5.82 Å². The van der Waals surface area contributed by atoms with Crippen molar-refractivity contribution in [3.63, 3.8) is 0 Å². The fraction of sp³-hybridized carbons (Fsp3) is 0.300. The lowest BCUT2D eigenvalue weighted by Crippen LogP contribution is -2.51. The number of fused-ring (bicyclic) bond motifs is 1. The number of imidazole rings is 1. The van der Waals surface area contributed by atoms with Crippen LogP contribution in [-0.4, -0.2) is 58.8 Å². The Labute approximate surface area is 172 Å². The molecule has 1 aliphatic rings. The summed E-state index contributed by atoms with van der Waals surface area (Å²) in [6, 6.07) is 11.9. The van der Waals surface area contributed by atoms with Crippen molar-refractivity contribution in [3.8, 4) is 0 Å². The Morgan fingerprint density at radius 1 is 0.967 bits per heavy atom. The maximum atomic E-state index is 13.1. The molecule has 0 unspecified atom stereocenters. The molecule has 4 rings (SSSR count). The lowest BCUT2D eigenvalue weighted by Gasteiger charge is -2.34. The van der Waals surface area contributed by atoms with Gasteiger partial charge < -0.3 is 4.90 Å². The first-order valence-corrected chi connectivity index (χ1v) is 10.9. The summed E-state index contributed by atoms with van der Waals surface area (Å²) < 4.78 is 42.7. The van der Waals surface area contributed by atoms with Crippen molar-refractivity contribution in [2.24, 2.45) is 7.05 Å². The van der Waals surface area contributed by atoms with Crippen molar-refractivity contribution in [2.75, 3.05) is 26.2 Å². The molecule has 1 amide bonds. The van der Waals surface area contributed by atoms with Crippen LogP contribution in [0.1, 0.15) is 0 Å². The van der Waals surface area contributed by atoms with Crippen LogP contribution in [0.25, 0.3) is 11.0 Å². The van der Waals surface area contributed by atoms with Gasteiger partial charge in [-0.25, -0.2) is 17.6 Å². The van der Waals surface area contributed by atoms with Crippen LogP contribution in [-0.2, 0) is 28.4 Å². The fourth-order valence-corrected chi connectivity index (χ4v) is 5.11. The Bertz CT molecular complexity index is 1260. The van der Waals surface area contributed by atoms with E-state index in [1.54, 1.807) is 18.0 Å². The normalized spacial score (nSPS) is 15.6. The Morgan fingerprint density at radius 3 is 2.20 bits per heavy atom. The number of aromatic nitrogens is 2. The van der Waals surface area contributed by atoms with E-state index in [1.807, 2.05) is 18.2 Å². The molecular formula is C20H21FN4O4S. The zero-order valence-corrected chi connectivity index (χ0v) is 17.2. The largest absolute Gasteiger partial charge is 0.338 e. The van der Waals surface area contributed by atoms with Crippen molar-refractivity contribution >= 4 is 27.0 Å². The molecule has 158 valence electrons. The number of hydrogen-bond acceptors (Lipinski definition) is 4. The molecule has 1 aromatic heterocycles. The van der Waals surface area contributed by atoms with Gasteiger partial charge in [0.1, 0.15) is 12.4 Å². The van der Waals surface area contributed by atoms with Gasteiger partial charge in [-0.1, -0.05) is 12.1 Å². The highest BCUT2D eigenvalue weighted by Crippen LogP contribution is 2.18. The van der Waals surface area contributed by atoms with Gasteiger partial charge in [0.2, 0.25) is 15.9 Å². The van der Waals surface area contributed by atoms with Gasteiger partial charge in [-0.15, -0.1) is 0 Å². The third-order valence-corrected chi connectivity index (χ3v) is 7.30. The summed E-state index contributed by atoms with van der Waals surface area (Å²) in [5, 5.41) is 0. The second-order valence-electron chi connectivity index (χ2n) is 7.16. The number of para-hydroxylation sites is 2. The van der Waals surface area contributed by atoms with E-state index in [2.05, 4.69) is 0 Å². The summed E-state index contributed by atoms with van der Waals surface area (Å²) >= 11 is 0. The van der Waals surface area contributed by atoms with E-state index in [-0.39, 0.29) is 49.2 Å². The maximum absolute atomic E-state index is 13.1. The number of piperazine rings is 1. The van der Waals surface area contributed by atoms with E-state index in [0.29, 0.717) is 5.52 Å². The lowest BCUT2D eigenvalue weighted by atomic mass is 10.3. The van der Waals surface area contributed by atoms with Crippen molar-refractivity contribution in [1.82, 2.24) is 18.3 Å². The van der Waals surface area contributed by atoms with Gasteiger partial charge >= 0.3 is 5.69 Å². The third-order valence-electron chi connectivity index (χ3n) is 5.39. The van der Waals surface area contributed by atoms with Crippen LogP contribution in [0.2, 0.25) is 0 Å². The molecule has 0 spiro atoms. The summed E-state index contributed by atoms with van der Waals surface area (Å²) in [5.41, 5.74) is 1.14. The van der Waals surface area contributed by atoms with E-state index < -0.39 is 15.8 Å². The molecule has 0 saturated carbocycles. The van der Waals surface area contributed by atoms with E-state index in [0.717, 1.165) is 17.6 Å². The number of nitrogens with zero attached hydrogens (tertiary/aromatic N) is 4. The molecule has 1 aliphatic heterocycles. The average Bonchev–Trinajstić information content (AvgIpc) is 2.99. The number of sulfonamides is 1. The van der Waals surface area contributed by atoms with Gasteiger partial charge in [-0.3, -0.25) is 13.9 Å². The molecule has 1 saturated heterocycles. The number of carbonyl (C=O) groups excluding carboxylic acids is 1. The highest BCUT2D eigenvalue weighted by atomic mass is 32.2. The first kappa shape index (κ1) is 20.3. The van der Waals surface area contributed by atoms with Gasteiger partial charge in [0.25, 0.3) is 0 Å². The number of rotatable bonds is 4. The van der Waals surface area contributed by atoms with E-state index in [9.17, 15) is 22.4 Å². The summed E-state index contributed by atoms with van der Waals surface area (Å²) in [4.78, 5) is 26.9. The quantitative estimate of drug-likeness (QED) is 0.616. The summed E-state index contributed by atoms with van der Waals surface area (Å²) in [6.45, 7) is 0.605. The zero-order chi connectivity index (χ0) is 21.5. The van der Waals surface area contributed by atoms with Crippen LogP contribution in [0.4, 0.5) is 4.39 Å². The van der Waals surface area contributed by atoms with E-state index >= 15 is 0 Å². The molecule has 2 heterocycles. The number of halogens is 1. The third kappa shape index (κ3) is 3.52. The zero-order valence-electron chi connectivity index (χ0n) is 16.4. The number of amides is 1. The highest BCUT2D eigenvalue weighted by Gasteiger charge is 2.30. The number of aryl methyl sites for hydroxylation is 1. The van der Waals surface area contributed by atoms with Gasteiger partial charge in [0, 0.05) is 33.2 Å². The van der Waals surface area contributed by atoms with Gasteiger partial charge in [-0.2, -0.15) is 4.31 Å². The van der Waals surface area contributed by atoms with E-state index in [4.69, 9.17) is 0 Å². The predicted octanol–water partition coefficient (Wildman–Crippen LogP) is 1.01. The molecule has 2 aromatic carbocycles. The Hall–Kier alpha value is -2.98. The van der Waals surface area contributed by atoms with Crippen molar-refractivity contribution in [1.29, 1.82) is 0 Å². The standard InChI is InChI=1S/C20H21FN4O4S/c1-22-17-4-2-3-5-18(17)25(20(22)27)14-19(26)23-10-12-24(13-11-23)30(28,29)16-8-6-15(21)7-9-16/h2-9H,10-14H2,1H3. The lowest BCUT2D eigenvalue weighted by molar-refractivity contribution is -0.133. The van der Waals surface area contributed by atoms with Crippen LogP contribution < -0.4 is 5.69 Å². The maximum Gasteiger partial charge on any atom is 0.329 e. The topological polar surface area (TPSA) is 84.6 Å². The smallest absolute Gasteiger partial charge is 0.329 e. The summed E-state index contributed by atoms with van der Waals surface area (Å²) in [6.07, 6.45) is 0.